The fourth-order valence-electron chi connectivity index (χ4n) is 2.29. The molecule has 0 aromatic rings. The third kappa shape index (κ3) is 8.31. The molecule has 1 amide bonds. The van der Waals surface area contributed by atoms with Gasteiger partial charge in [0.25, 0.3) is 0 Å². The van der Waals surface area contributed by atoms with Gasteiger partial charge in [0.05, 0.1) is 17.7 Å². The van der Waals surface area contributed by atoms with Crippen LogP contribution in [0.4, 0.5) is 4.79 Å². The summed E-state index contributed by atoms with van der Waals surface area (Å²) >= 11 is 0. The first kappa shape index (κ1) is 22.4. The standard InChI is InChI=1S/C18H34N2O4/c1-9-14(4)20-24-16(22)19-10-11-23-15(21)18(8,13(2)3)12-17(5,6)7/h13H,9-12H2,1-8H3,(H,19,22)/b20-14-. The van der Waals surface area contributed by atoms with Crippen molar-refractivity contribution in [2.24, 2.45) is 21.9 Å². The van der Waals surface area contributed by atoms with E-state index in [1.54, 1.807) is 6.92 Å². The van der Waals surface area contributed by atoms with E-state index in [1.165, 1.54) is 0 Å². The van der Waals surface area contributed by atoms with Crippen LogP contribution in [-0.2, 0) is 14.4 Å². The number of rotatable bonds is 8. The highest BCUT2D eigenvalue weighted by Gasteiger charge is 2.41. The van der Waals surface area contributed by atoms with Gasteiger partial charge in [-0.15, -0.1) is 0 Å². The zero-order chi connectivity index (χ0) is 19.0. The number of oxime groups is 1. The van der Waals surface area contributed by atoms with Crippen LogP contribution in [0.25, 0.3) is 0 Å². The average molecular weight is 342 g/mol. The number of ether oxygens (including phenoxy) is 1. The van der Waals surface area contributed by atoms with E-state index in [0.717, 1.165) is 12.1 Å². The lowest BCUT2D eigenvalue weighted by atomic mass is 9.69. The Balaban J connectivity index is 4.39. The van der Waals surface area contributed by atoms with Crippen LogP contribution < -0.4 is 5.32 Å². The number of carbonyl (C=O) groups is 2. The molecule has 6 nitrogen and oxygen atoms in total. The summed E-state index contributed by atoms with van der Waals surface area (Å²) in [6.45, 7) is 16.3. The molecule has 0 aliphatic heterocycles. The lowest BCUT2D eigenvalue weighted by molar-refractivity contribution is -0.159. The van der Waals surface area contributed by atoms with E-state index >= 15 is 0 Å². The maximum Gasteiger partial charge on any atom is 0.433 e. The summed E-state index contributed by atoms with van der Waals surface area (Å²) in [6.07, 6.45) is 0.795. The molecule has 0 saturated carbocycles. The molecule has 140 valence electrons. The van der Waals surface area contributed by atoms with Crippen molar-refractivity contribution in [3.05, 3.63) is 0 Å². The van der Waals surface area contributed by atoms with Crippen molar-refractivity contribution in [3.8, 4) is 0 Å². The van der Waals surface area contributed by atoms with Crippen LogP contribution in [0.2, 0.25) is 0 Å². The molecular formula is C18H34N2O4. The molecular weight excluding hydrogens is 308 g/mol. The summed E-state index contributed by atoms with van der Waals surface area (Å²) in [5.74, 6) is -0.0732. The monoisotopic (exact) mass is 342 g/mol. The Kier molecular flexibility index (Phi) is 9.01. The minimum atomic E-state index is -0.653. The van der Waals surface area contributed by atoms with E-state index in [0.29, 0.717) is 6.42 Å². The Bertz CT molecular complexity index is 452. The van der Waals surface area contributed by atoms with Gasteiger partial charge in [-0.2, -0.15) is 0 Å². The largest absolute Gasteiger partial charge is 0.463 e. The van der Waals surface area contributed by atoms with Crippen LogP contribution in [-0.4, -0.2) is 30.9 Å². The molecule has 0 saturated heterocycles. The van der Waals surface area contributed by atoms with Crippen molar-refractivity contribution >= 4 is 17.8 Å². The summed E-state index contributed by atoms with van der Waals surface area (Å²) in [6, 6.07) is 0. The molecule has 0 bridgehead atoms. The van der Waals surface area contributed by atoms with Crippen LogP contribution >= 0.6 is 0 Å². The van der Waals surface area contributed by atoms with Gasteiger partial charge in [-0.05, 0) is 38.0 Å². The van der Waals surface area contributed by atoms with E-state index in [9.17, 15) is 9.59 Å². The molecule has 1 unspecified atom stereocenters. The molecule has 0 fully saturated rings. The lowest BCUT2D eigenvalue weighted by Crippen LogP contribution is -2.39. The van der Waals surface area contributed by atoms with Gasteiger partial charge < -0.3 is 10.1 Å². The van der Waals surface area contributed by atoms with Gasteiger partial charge in [0.2, 0.25) is 0 Å². The Morgan fingerprint density at radius 3 is 2.21 bits per heavy atom. The van der Waals surface area contributed by atoms with E-state index in [4.69, 9.17) is 4.74 Å². The van der Waals surface area contributed by atoms with E-state index in [1.807, 2.05) is 27.7 Å². The first-order chi connectivity index (χ1) is 10.9. The SMILES string of the molecule is CC/C(C)=N\OC(=O)NCCOC(=O)C(C)(CC(C)(C)C)C(C)C. The van der Waals surface area contributed by atoms with Crippen LogP contribution in [0, 0.1) is 16.7 Å². The number of carbonyl (C=O) groups excluding carboxylic acids is 2. The van der Waals surface area contributed by atoms with Crippen molar-refractivity contribution in [3.63, 3.8) is 0 Å². The second-order valence-corrected chi connectivity index (χ2v) is 7.93. The normalized spacial score (nSPS) is 15.0. The topological polar surface area (TPSA) is 77.0 Å². The Hall–Kier alpha value is -1.59. The van der Waals surface area contributed by atoms with E-state index in [-0.39, 0.29) is 30.5 Å². The van der Waals surface area contributed by atoms with Gasteiger partial charge in [0, 0.05) is 0 Å². The molecule has 0 rings (SSSR count). The molecule has 1 atom stereocenters. The zero-order valence-corrected chi connectivity index (χ0v) is 16.5. The van der Waals surface area contributed by atoms with Crippen LogP contribution in [0.1, 0.15) is 68.2 Å². The zero-order valence-electron chi connectivity index (χ0n) is 16.5. The molecule has 0 radical (unpaired) electrons. The molecule has 0 aromatic carbocycles. The number of amides is 1. The predicted octanol–water partition coefficient (Wildman–Crippen LogP) is 4.14. The van der Waals surface area contributed by atoms with Gasteiger partial charge in [0.1, 0.15) is 6.61 Å². The second-order valence-electron chi connectivity index (χ2n) is 7.93. The maximum atomic E-state index is 12.5. The summed E-state index contributed by atoms with van der Waals surface area (Å²) < 4.78 is 5.37. The van der Waals surface area contributed by atoms with Crippen molar-refractivity contribution in [2.75, 3.05) is 13.2 Å². The fraction of sp³-hybridized carbons (Fsp3) is 0.833. The smallest absolute Gasteiger partial charge is 0.433 e. The summed E-state index contributed by atoms with van der Waals surface area (Å²) in [7, 11) is 0. The number of hydrogen-bond donors (Lipinski definition) is 1. The summed E-state index contributed by atoms with van der Waals surface area (Å²) in [5, 5.41) is 6.16. The molecule has 0 spiro atoms. The predicted molar refractivity (Wildman–Crippen MR) is 95.9 cm³/mol. The average Bonchev–Trinajstić information content (AvgIpc) is 2.46. The quantitative estimate of drug-likeness (QED) is 0.236. The van der Waals surface area contributed by atoms with Crippen LogP contribution in [0.15, 0.2) is 5.16 Å². The molecule has 0 heterocycles. The Morgan fingerprint density at radius 2 is 1.75 bits per heavy atom. The minimum absolute atomic E-state index is 0.0231. The molecule has 0 aliphatic carbocycles. The van der Waals surface area contributed by atoms with Crippen molar-refractivity contribution in [2.45, 2.75) is 68.2 Å². The van der Waals surface area contributed by atoms with Crippen molar-refractivity contribution in [1.29, 1.82) is 0 Å². The summed E-state index contributed by atoms with van der Waals surface area (Å²) in [4.78, 5) is 28.6. The van der Waals surface area contributed by atoms with Crippen molar-refractivity contribution < 1.29 is 19.2 Å². The molecule has 0 aromatic heterocycles. The number of hydrogen-bond acceptors (Lipinski definition) is 5. The lowest BCUT2D eigenvalue weighted by Gasteiger charge is -2.36. The third-order valence-corrected chi connectivity index (χ3v) is 4.04. The highest BCUT2D eigenvalue weighted by Crippen LogP contribution is 2.40. The van der Waals surface area contributed by atoms with E-state index < -0.39 is 11.5 Å². The van der Waals surface area contributed by atoms with Gasteiger partial charge in [0.15, 0.2) is 0 Å². The van der Waals surface area contributed by atoms with Gasteiger partial charge in [-0.25, -0.2) is 4.79 Å². The van der Waals surface area contributed by atoms with Gasteiger partial charge in [-0.3, -0.25) is 9.63 Å². The second kappa shape index (κ2) is 9.64. The fourth-order valence-corrected chi connectivity index (χ4v) is 2.29. The van der Waals surface area contributed by atoms with Crippen LogP contribution in [0.5, 0.6) is 0 Å². The molecule has 6 heteroatoms. The first-order valence-corrected chi connectivity index (χ1v) is 8.58. The van der Waals surface area contributed by atoms with Gasteiger partial charge in [-0.1, -0.05) is 46.7 Å². The first-order valence-electron chi connectivity index (χ1n) is 8.58. The van der Waals surface area contributed by atoms with Gasteiger partial charge >= 0.3 is 12.1 Å². The highest BCUT2D eigenvalue weighted by atomic mass is 16.7. The maximum absolute atomic E-state index is 12.5. The molecule has 0 aliphatic rings. The Labute approximate surface area is 146 Å². The van der Waals surface area contributed by atoms with Crippen LogP contribution in [0.3, 0.4) is 0 Å². The van der Waals surface area contributed by atoms with E-state index in [2.05, 4.69) is 36.1 Å². The highest BCUT2D eigenvalue weighted by molar-refractivity contribution is 5.81. The Morgan fingerprint density at radius 1 is 1.17 bits per heavy atom. The third-order valence-electron chi connectivity index (χ3n) is 4.04. The molecule has 1 N–H and O–H groups in total. The number of esters is 1. The molecule has 24 heavy (non-hydrogen) atoms. The summed E-state index contributed by atoms with van der Waals surface area (Å²) in [5.41, 5.74) is 0.197. The minimum Gasteiger partial charge on any atom is -0.463 e. The number of nitrogens with one attached hydrogen (secondary N) is 1. The van der Waals surface area contributed by atoms with Crippen molar-refractivity contribution in [1.82, 2.24) is 5.32 Å². The number of nitrogens with zero attached hydrogens (tertiary/aromatic N) is 1.